The highest BCUT2D eigenvalue weighted by Crippen LogP contribution is 2.31. The molecule has 2 N–H and O–H groups in total. The van der Waals surface area contributed by atoms with Crippen molar-refractivity contribution in [3.05, 3.63) is 30.5 Å². The van der Waals surface area contributed by atoms with Crippen LogP contribution in [0.25, 0.3) is 10.9 Å². The van der Waals surface area contributed by atoms with E-state index in [0.717, 1.165) is 29.5 Å². The van der Waals surface area contributed by atoms with Gasteiger partial charge in [-0.15, -0.1) is 0 Å². The van der Waals surface area contributed by atoms with Gasteiger partial charge in [0.05, 0.1) is 23.5 Å². The van der Waals surface area contributed by atoms with Crippen LogP contribution in [0.4, 0.5) is 5.69 Å². The highest BCUT2D eigenvalue weighted by molar-refractivity contribution is 5.89. The van der Waals surface area contributed by atoms with Crippen LogP contribution in [0.2, 0.25) is 0 Å². The number of ether oxygens (including phenoxy) is 1. The summed E-state index contributed by atoms with van der Waals surface area (Å²) < 4.78 is 5.93. The lowest BCUT2D eigenvalue weighted by molar-refractivity contribution is 0.214. The van der Waals surface area contributed by atoms with Crippen molar-refractivity contribution in [1.29, 1.82) is 0 Å². The summed E-state index contributed by atoms with van der Waals surface area (Å²) in [5, 5.41) is 0.982. The van der Waals surface area contributed by atoms with Gasteiger partial charge in [0.25, 0.3) is 0 Å². The molecular weight excluding hydrogens is 212 g/mol. The van der Waals surface area contributed by atoms with Gasteiger partial charge in [-0.05, 0) is 25.5 Å². The molecule has 2 aromatic rings. The molecule has 90 valence electrons. The van der Waals surface area contributed by atoms with Crippen LogP contribution in [-0.4, -0.2) is 11.1 Å². The number of nitrogen functional groups attached to an aromatic ring is 1. The number of para-hydroxylation sites is 1. The Balaban J connectivity index is 2.40. The van der Waals surface area contributed by atoms with Crippen LogP contribution in [0.5, 0.6) is 5.75 Å². The molecule has 1 aromatic heterocycles. The van der Waals surface area contributed by atoms with E-state index in [1.807, 2.05) is 24.3 Å². The van der Waals surface area contributed by atoms with Gasteiger partial charge >= 0.3 is 0 Å². The Morgan fingerprint density at radius 2 is 2.12 bits per heavy atom. The Labute approximate surface area is 102 Å². The van der Waals surface area contributed by atoms with E-state index >= 15 is 0 Å². The molecule has 3 heteroatoms. The first-order valence-corrected chi connectivity index (χ1v) is 6.02. The van der Waals surface area contributed by atoms with Crippen LogP contribution in [0.1, 0.15) is 26.7 Å². The number of aromatic nitrogens is 1. The maximum Gasteiger partial charge on any atom is 0.153 e. The monoisotopic (exact) mass is 230 g/mol. The molecule has 0 aliphatic carbocycles. The molecule has 1 heterocycles. The van der Waals surface area contributed by atoms with Crippen molar-refractivity contribution in [2.75, 3.05) is 5.73 Å². The molecule has 0 aliphatic rings. The maximum atomic E-state index is 5.94. The van der Waals surface area contributed by atoms with Gasteiger partial charge in [-0.3, -0.25) is 4.98 Å². The Bertz CT molecular complexity index is 511. The molecule has 1 unspecified atom stereocenters. The number of hydrogen-bond donors (Lipinski definition) is 1. The van der Waals surface area contributed by atoms with Crippen molar-refractivity contribution in [3.8, 4) is 5.75 Å². The SMILES string of the molecule is CCCC(C)Oc1c(N)cnc2ccccc12. The summed E-state index contributed by atoms with van der Waals surface area (Å²) in [7, 11) is 0. The smallest absolute Gasteiger partial charge is 0.153 e. The molecule has 1 atom stereocenters. The fraction of sp³-hybridized carbons (Fsp3) is 0.357. The van der Waals surface area contributed by atoms with Crippen LogP contribution in [0.15, 0.2) is 30.5 Å². The zero-order valence-electron chi connectivity index (χ0n) is 10.3. The summed E-state index contributed by atoms with van der Waals surface area (Å²) in [5.41, 5.74) is 7.46. The van der Waals surface area contributed by atoms with Gasteiger partial charge in [-0.25, -0.2) is 0 Å². The van der Waals surface area contributed by atoms with E-state index in [4.69, 9.17) is 10.5 Å². The number of hydrogen-bond acceptors (Lipinski definition) is 3. The summed E-state index contributed by atoms with van der Waals surface area (Å²) in [6.45, 7) is 4.21. The molecule has 0 radical (unpaired) electrons. The van der Waals surface area contributed by atoms with Crippen molar-refractivity contribution in [3.63, 3.8) is 0 Å². The first-order valence-electron chi connectivity index (χ1n) is 6.02. The van der Waals surface area contributed by atoms with Gasteiger partial charge in [-0.2, -0.15) is 0 Å². The van der Waals surface area contributed by atoms with Gasteiger partial charge in [-0.1, -0.05) is 25.5 Å². The Hall–Kier alpha value is -1.77. The molecular formula is C14H18N2O. The maximum absolute atomic E-state index is 5.94. The summed E-state index contributed by atoms with van der Waals surface area (Å²) in [4.78, 5) is 4.29. The van der Waals surface area contributed by atoms with E-state index in [0.29, 0.717) is 5.69 Å². The Morgan fingerprint density at radius 3 is 2.88 bits per heavy atom. The van der Waals surface area contributed by atoms with E-state index in [9.17, 15) is 0 Å². The average molecular weight is 230 g/mol. The van der Waals surface area contributed by atoms with Crippen molar-refractivity contribution in [2.45, 2.75) is 32.8 Å². The zero-order valence-corrected chi connectivity index (χ0v) is 10.3. The molecule has 0 fully saturated rings. The quantitative estimate of drug-likeness (QED) is 0.875. The topological polar surface area (TPSA) is 48.1 Å². The second-order valence-corrected chi connectivity index (χ2v) is 4.28. The van der Waals surface area contributed by atoms with Gasteiger partial charge in [0.1, 0.15) is 0 Å². The largest absolute Gasteiger partial charge is 0.488 e. The minimum Gasteiger partial charge on any atom is -0.488 e. The fourth-order valence-electron chi connectivity index (χ4n) is 1.93. The lowest BCUT2D eigenvalue weighted by Crippen LogP contribution is -2.12. The molecule has 0 saturated carbocycles. The number of benzene rings is 1. The molecule has 0 spiro atoms. The normalized spacial score (nSPS) is 12.6. The third-order valence-electron chi connectivity index (χ3n) is 2.77. The Kier molecular flexibility index (Phi) is 3.47. The summed E-state index contributed by atoms with van der Waals surface area (Å²) in [6.07, 6.45) is 3.96. The Morgan fingerprint density at radius 1 is 1.35 bits per heavy atom. The number of pyridine rings is 1. The minimum absolute atomic E-state index is 0.174. The van der Waals surface area contributed by atoms with Crippen LogP contribution in [0.3, 0.4) is 0 Å². The summed E-state index contributed by atoms with van der Waals surface area (Å²) >= 11 is 0. The molecule has 1 aromatic carbocycles. The van der Waals surface area contributed by atoms with Gasteiger partial charge in [0, 0.05) is 5.39 Å². The number of anilines is 1. The molecule has 0 saturated heterocycles. The van der Waals surface area contributed by atoms with E-state index in [-0.39, 0.29) is 6.10 Å². The van der Waals surface area contributed by atoms with Crippen LogP contribution in [-0.2, 0) is 0 Å². The number of rotatable bonds is 4. The minimum atomic E-state index is 0.174. The number of nitrogens with zero attached hydrogens (tertiary/aromatic N) is 1. The highest BCUT2D eigenvalue weighted by Gasteiger charge is 2.10. The fourth-order valence-corrected chi connectivity index (χ4v) is 1.93. The molecule has 0 amide bonds. The lowest BCUT2D eigenvalue weighted by Gasteiger charge is -2.17. The number of fused-ring (bicyclic) bond motifs is 1. The van der Waals surface area contributed by atoms with Crippen LogP contribution < -0.4 is 10.5 Å². The van der Waals surface area contributed by atoms with Crippen molar-refractivity contribution >= 4 is 16.6 Å². The average Bonchev–Trinajstić information content (AvgIpc) is 2.33. The molecule has 0 aliphatic heterocycles. The van der Waals surface area contributed by atoms with Crippen LogP contribution >= 0.6 is 0 Å². The van der Waals surface area contributed by atoms with Crippen molar-refractivity contribution in [1.82, 2.24) is 4.98 Å². The van der Waals surface area contributed by atoms with Crippen LogP contribution in [0, 0.1) is 0 Å². The van der Waals surface area contributed by atoms with E-state index < -0.39 is 0 Å². The van der Waals surface area contributed by atoms with E-state index in [1.54, 1.807) is 6.20 Å². The van der Waals surface area contributed by atoms with E-state index in [2.05, 4.69) is 18.8 Å². The van der Waals surface area contributed by atoms with Gasteiger partial charge < -0.3 is 10.5 Å². The van der Waals surface area contributed by atoms with Gasteiger partial charge in [0.2, 0.25) is 0 Å². The van der Waals surface area contributed by atoms with E-state index in [1.165, 1.54) is 0 Å². The zero-order chi connectivity index (χ0) is 12.3. The third kappa shape index (κ3) is 2.49. The third-order valence-corrected chi connectivity index (χ3v) is 2.77. The molecule has 0 bridgehead atoms. The predicted molar refractivity (Wildman–Crippen MR) is 71.2 cm³/mol. The first kappa shape index (κ1) is 11.7. The highest BCUT2D eigenvalue weighted by atomic mass is 16.5. The second kappa shape index (κ2) is 5.04. The van der Waals surface area contributed by atoms with Crippen molar-refractivity contribution in [2.24, 2.45) is 0 Å². The lowest BCUT2D eigenvalue weighted by atomic mass is 10.2. The number of nitrogens with two attached hydrogens (primary N) is 1. The predicted octanol–water partition coefficient (Wildman–Crippen LogP) is 3.38. The van der Waals surface area contributed by atoms with Gasteiger partial charge in [0.15, 0.2) is 5.75 Å². The standard InChI is InChI=1S/C14H18N2O/c1-3-6-10(2)17-14-11-7-4-5-8-13(11)16-9-12(14)15/h4-5,7-10H,3,6,15H2,1-2H3. The molecule has 17 heavy (non-hydrogen) atoms. The summed E-state index contributed by atoms with van der Waals surface area (Å²) in [5.74, 6) is 0.761. The second-order valence-electron chi connectivity index (χ2n) is 4.28. The molecule has 3 nitrogen and oxygen atoms in total. The summed E-state index contributed by atoms with van der Waals surface area (Å²) in [6, 6.07) is 7.89. The van der Waals surface area contributed by atoms with Crippen molar-refractivity contribution < 1.29 is 4.74 Å². The first-order chi connectivity index (χ1) is 8.22. The molecule has 2 rings (SSSR count).